The first kappa shape index (κ1) is 16.2. The van der Waals surface area contributed by atoms with E-state index in [1.165, 1.54) is 12.0 Å². The molecule has 1 fully saturated rings. The molecule has 20 heavy (non-hydrogen) atoms. The zero-order chi connectivity index (χ0) is 15.1. The van der Waals surface area contributed by atoms with Gasteiger partial charge >= 0.3 is 12.0 Å². The van der Waals surface area contributed by atoms with Crippen molar-refractivity contribution in [1.29, 1.82) is 0 Å². The number of piperazine rings is 1. The number of nitrogens with zero attached hydrogens (tertiary/aromatic N) is 1. The number of carboxylic acids is 1. The molecule has 0 bridgehead atoms. The van der Waals surface area contributed by atoms with Gasteiger partial charge in [0.25, 0.3) is 0 Å². The molecule has 1 rings (SSSR count). The second-order valence-electron chi connectivity index (χ2n) is 4.64. The molecule has 0 aromatic heterocycles. The highest BCUT2D eigenvalue weighted by Crippen LogP contribution is 2.06. The Kier molecular flexibility index (Phi) is 6.23. The van der Waals surface area contributed by atoms with E-state index in [1.807, 2.05) is 0 Å². The van der Waals surface area contributed by atoms with Gasteiger partial charge in [-0.25, -0.2) is 9.59 Å². The van der Waals surface area contributed by atoms with Gasteiger partial charge < -0.3 is 25.4 Å². The number of methoxy groups -OCH3 is 1. The van der Waals surface area contributed by atoms with Crippen LogP contribution >= 0.6 is 0 Å². The Bertz CT molecular complexity index is 374. The van der Waals surface area contributed by atoms with Crippen LogP contribution in [0.2, 0.25) is 0 Å². The summed E-state index contributed by atoms with van der Waals surface area (Å²) in [6.07, 6.45) is 0.813. The number of urea groups is 1. The number of carbonyl (C=O) groups is 3. The van der Waals surface area contributed by atoms with E-state index in [2.05, 4.69) is 10.6 Å². The zero-order valence-corrected chi connectivity index (χ0v) is 11.7. The van der Waals surface area contributed by atoms with Crippen LogP contribution < -0.4 is 10.6 Å². The van der Waals surface area contributed by atoms with Gasteiger partial charge in [-0.05, 0) is 19.8 Å². The molecule has 0 aliphatic carbocycles. The van der Waals surface area contributed by atoms with Crippen molar-refractivity contribution in [3.05, 3.63) is 0 Å². The molecule has 8 nitrogen and oxygen atoms in total. The van der Waals surface area contributed by atoms with Gasteiger partial charge in [0.1, 0.15) is 12.1 Å². The van der Waals surface area contributed by atoms with Crippen LogP contribution in [0.5, 0.6) is 0 Å². The lowest BCUT2D eigenvalue weighted by Gasteiger charge is -2.33. The van der Waals surface area contributed by atoms with Crippen LogP contribution in [0.3, 0.4) is 0 Å². The second-order valence-corrected chi connectivity index (χ2v) is 4.64. The summed E-state index contributed by atoms with van der Waals surface area (Å²) in [5, 5.41) is 14.2. The number of rotatable bonds is 6. The Hall–Kier alpha value is -1.83. The smallest absolute Gasteiger partial charge is 0.326 e. The largest absolute Gasteiger partial charge is 0.480 e. The minimum absolute atomic E-state index is 0.238. The van der Waals surface area contributed by atoms with Crippen LogP contribution in [-0.4, -0.2) is 66.8 Å². The van der Waals surface area contributed by atoms with Gasteiger partial charge in [0, 0.05) is 26.8 Å². The van der Waals surface area contributed by atoms with Gasteiger partial charge in [0.05, 0.1) is 0 Å². The van der Waals surface area contributed by atoms with Crippen molar-refractivity contribution in [3.63, 3.8) is 0 Å². The van der Waals surface area contributed by atoms with Gasteiger partial charge in [-0.15, -0.1) is 0 Å². The normalized spacial score (nSPS) is 20.2. The highest BCUT2D eigenvalue weighted by Gasteiger charge is 2.31. The van der Waals surface area contributed by atoms with Crippen molar-refractivity contribution in [2.45, 2.75) is 31.8 Å². The number of carboxylic acid groups (broad SMARTS) is 1. The topological polar surface area (TPSA) is 108 Å². The van der Waals surface area contributed by atoms with E-state index in [0.717, 1.165) is 0 Å². The maximum atomic E-state index is 12.0. The Morgan fingerprint density at radius 1 is 1.60 bits per heavy atom. The molecule has 3 N–H and O–H groups in total. The lowest BCUT2D eigenvalue weighted by atomic mass is 10.1. The molecule has 0 aromatic rings. The molecule has 1 aliphatic rings. The summed E-state index contributed by atoms with van der Waals surface area (Å²) in [5.74, 6) is -1.33. The van der Waals surface area contributed by atoms with Gasteiger partial charge in [-0.1, -0.05) is 0 Å². The number of aliphatic carboxylic acids is 1. The van der Waals surface area contributed by atoms with Crippen LogP contribution in [0, 0.1) is 0 Å². The molecule has 1 saturated heterocycles. The Morgan fingerprint density at radius 3 is 2.90 bits per heavy atom. The average Bonchev–Trinajstić information content (AvgIpc) is 2.40. The maximum Gasteiger partial charge on any atom is 0.326 e. The van der Waals surface area contributed by atoms with Crippen molar-refractivity contribution in [1.82, 2.24) is 15.5 Å². The molecule has 1 heterocycles. The SMILES string of the molecule is COCCCC(NC(=O)N1CCNC(=O)C1C)C(=O)O. The zero-order valence-electron chi connectivity index (χ0n) is 11.7. The number of nitrogens with one attached hydrogen (secondary N) is 2. The molecule has 0 radical (unpaired) electrons. The molecule has 1 aliphatic heterocycles. The third-order valence-corrected chi connectivity index (χ3v) is 3.20. The molecule has 0 spiro atoms. The highest BCUT2D eigenvalue weighted by molar-refractivity contribution is 5.89. The number of hydrogen-bond donors (Lipinski definition) is 3. The van der Waals surface area contributed by atoms with Crippen molar-refractivity contribution >= 4 is 17.9 Å². The van der Waals surface area contributed by atoms with Gasteiger partial charge in [-0.2, -0.15) is 0 Å². The first-order valence-electron chi connectivity index (χ1n) is 6.54. The Labute approximate surface area is 117 Å². The fourth-order valence-corrected chi connectivity index (χ4v) is 1.98. The number of hydrogen-bond acceptors (Lipinski definition) is 4. The third-order valence-electron chi connectivity index (χ3n) is 3.20. The molecular formula is C12H21N3O5. The Balaban J connectivity index is 2.56. The molecule has 2 unspecified atom stereocenters. The van der Waals surface area contributed by atoms with Gasteiger partial charge in [0.15, 0.2) is 0 Å². The molecule has 114 valence electrons. The summed E-state index contributed by atoms with van der Waals surface area (Å²) in [6.45, 7) is 2.78. The number of amides is 3. The summed E-state index contributed by atoms with van der Waals surface area (Å²) in [5.41, 5.74) is 0. The first-order chi connectivity index (χ1) is 9.47. The Morgan fingerprint density at radius 2 is 2.30 bits per heavy atom. The standard InChI is InChI=1S/C12H21N3O5/c1-8-10(16)13-5-6-15(8)12(19)14-9(11(17)18)4-3-7-20-2/h8-9H,3-7H2,1-2H3,(H,13,16)(H,14,19)(H,17,18). The van der Waals surface area contributed by atoms with E-state index in [4.69, 9.17) is 9.84 Å². The second kappa shape index (κ2) is 7.68. The highest BCUT2D eigenvalue weighted by atomic mass is 16.5. The fourth-order valence-electron chi connectivity index (χ4n) is 1.98. The molecule has 2 atom stereocenters. The van der Waals surface area contributed by atoms with Gasteiger partial charge in [0.2, 0.25) is 5.91 Å². The van der Waals surface area contributed by atoms with Crippen LogP contribution in [0.25, 0.3) is 0 Å². The summed E-state index contributed by atoms with van der Waals surface area (Å²) >= 11 is 0. The summed E-state index contributed by atoms with van der Waals surface area (Å²) < 4.78 is 4.86. The van der Waals surface area contributed by atoms with Crippen molar-refractivity contribution in [3.8, 4) is 0 Å². The summed E-state index contributed by atoms with van der Waals surface area (Å²) in [7, 11) is 1.53. The molecule has 0 saturated carbocycles. The van der Waals surface area contributed by atoms with E-state index in [0.29, 0.717) is 26.1 Å². The van der Waals surface area contributed by atoms with Crippen LogP contribution in [-0.2, 0) is 14.3 Å². The third kappa shape index (κ3) is 4.37. The fraction of sp³-hybridized carbons (Fsp3) is 0.750. The van der Waals surface area contributed by atoms with E-state index < -0.39 is 24.1 Å². The van der Waals surface area contributed by atoms with Crippen molar-refractivity contribution in [2.24, 2.45) is 0 Å². The lowest BCUT2D eigenvalue weighted by Crippen LogP contribution is -2.59. The lowest BCUT2D eigenvalue weighted by molar-refractivity contribution is -0.139. The van der Waals surface area contributed by atoms with E-state index in [-0.39, 0.29) is 12.3 Å². The van der Waals surface area contributed by atoms with Crippen molar-refractivity contribution < 1.29 is 24.2 Å². The van der Waals surface area contributed by atoms with E-state index in [9.17, 15) is 14.4 Å². The average molecular weight is 287 g/mol. The quantitative estimate of drug-likeness (QED) is 0.565. The molecule has 8 heteroatoms. The number of ether oxygens (including phenoxy) is 1. The molecular weight excluding hydrogens is 266 g/mol. The van der Waals surface area contributed by atoms with E-state index >= 15 is 0 Å². The van der Waals surface area contributed by atoms with E-state index in [1.54, 1.807) is 6.92 Å². The monoisotopic (exact) mass is 287 g/mol. The minimum atomic E-state index is -1.09. The summed E-state index contributed by atoms with van der Waals surface area (Å²) in [4.78, 5) is 36.0. The van der Waals surface area contributed by atoms with Crippen LogP contribution in [0.4, 0.5) is 4.79 Å². The molecule has 0 aromatic carbocycles. The predicted molar refractivity (Wildman–Crippen MR) is 70.2 cm³/mol. The summed E-state index contributed by atoms with van der Waals surface area (Å²) in [6, 6.07) is -2.11. The predicted octanol–water partition coefficient (Wildman–Crippen LogP) is -0.604. The van der Waals surface area contributed by atoms with Crippen LogP contribution in [0.1, 0.15) is 19.8 Å². The maximum absolute atomic E-state index is 12.0. The van der Waals surface area contributed by atoms with Gasteiger partial charge in [-0.3, -0.25) is 4.79 Å². The number of carbonyl (C=O) groups excluding carboxylic acids is 2. The minimum Gasteiger partial charge on any atom is -0.480 e. The van der Waals surface area contributed by atoms with Crippen molar-refractivity contribution in [2.75, 3.05) is 26.8 Å². The first-order valence-corrected chi connectivity index (χ1v) is 6.54. The molecule has 3 amide bonds. The van der Waals surface area contributed by atoms with Crippen LogP contribution in [0.15, 0.2) is 0 Å².